The van der Waals surface area contributed by atoms with Gasteiger partial charge >= 0.3 is 0 Å². The van der Waals surface area contributed by atoms with E-state index in [1.165, 1.54) is 57.8 Å². The third kappa shape index (κ3) is 7.41. The van der Waals surface area contributed by atoms with Gasteiger partial charge in [-0.1, -0.05) is 71.6 Å². The fourth-order valence-corrected chi connectivity index (χ4v) is 4.55. The summed E-state index contributed by atoms with van der Waals surface area (Å²) in [4.78, 5) is 0. The number of unbranched alkanes of at least 4 members (excludes halogenated alkanes) is 3. The van der Waals surface area contributed by atoms with Gasteiger partial charge in [0.15, 0.2) is 0 Å². The molecule has 0 unspecified atom stereocenters. The van der Waals surface area contributed by atoms with Crippen LogP contribution in [0.25, 0.3) is 11.3 Å². The lowest BCUT2D eigenvalue weighted by atomic mass is 9.78. The fraction of sp³-hybridized carbons (Fsp3) is 0.630. The molecule has 0 radical (unpaired) electrons. The standard InChI is InChI=1S/C27H40N2O/c1-3-5-7-8-22-9-11-23(12-10-22)13-16-25-17-20-27(29-28-25)24-14-18-26(19-15-24)30-21-6-4-2/h14-15,17-20,22-23H,3-13,16,21H2,1-2H3. The zero-order valence-corrected chi connectivity index (χ0v) is 19.1. The lowest BCUT2D eigenvalue weighted by molar-refractivity contribution is 0.248. The Hall–Kier alpha value is -1.90. The molecule has 1 fully saturated rings. The largest absolute Gasteiger partial charge is 0.494 e. The smallest absolute Gasteiger partial charge is 0.119 e. The maximum atomic E-state index is 5.74. The summed E-state index contributed by atoms with van der Waals surface area (Å²) in [6, 6.07) is 12.5. The predicted octanol–water partition coefficient (Wildman–Crippen LogP) is 7.64. The van der Waals surface area contributed by atoms with E-state index in [0.29, 0.717) is 0 Å². The van der Waals surface area contributed by atoms with Crippen LogP contribution in [0.2, 0.25) is 0 Å². The molecule has 1 aliphatic carbocycles. The number of rotatable bonds is 12. The molecule has 0 atom stereocenters. The average molecular weight is 409 g/mol. The first kappa shape index (κ1) is 22.8. The first-order valence-corrected chi connectivity index (χ1v) is 12.3. The second kappa shape index (κ2) is 12.7. The van der Waals surface area contributed by atoms with Crippen molar-refractivity contribution < 1.29 is 4.74 Å². The van der Waals surface area contributed by atoms with E-state index in [-0.39, 0.29) is 0 Å². The van der Waals surface area contributed by atoms with Crippen molar-refractivity contribution in [2.75, 3.05) is 6.61 Å². The number of nitrogens with zero attached hydrogens (tertiary/aromatic N) is 2. The molecule has 0 saturated heterocycles. The number of aryl methyl sites for hydroxylation is 1. The molecule has 1 aliphatic rings. The maximum Gasteiger partial charge on any atom is 0.119 e. The normalized spacial score (nSPS) is 19.0. The summed E-state index contributed by atoms with van der Waals surface area (Å²) < 4.78 is 5.74. The third-order valence-electron chi connectivity index (χ3n) is 6.63. The quantitative estimate of drug-likeness (QED) is 0.338. The Bertz CT molecular complexity index is 703. The first-order chi connectivity index (χ1) is 14.8. The Morgan fingerprint density at radius 2 is 1.47 bits per heavy atom. The maximum absolute atomic E-state index is 5.74. The highest BCUT2D eigenvalue weighted by molar-refractivity contribution is 5.59. The van der Waals surface area contributed by atoms with E-state index in [1.807, 2.05) is 12.1 Å². The second-order valence-electron chi connectivity index (χ2n) is 9.06. The van der Waals surface area contributed by atoms with E-state index in [0.717, 1.165) is 60.4 Å². The van der Waals surface area contributed by atoms with E-state index in [1.54, 1.807) is 0 Å². The topological polar surface area (TPSA) is 35.0 Å². The molecule has 0 spiro atoms. The van der Waals surface area contributed by atoms with Gasteiger partial charge in [-0.2, -0.15) is 10.2 Å². The van der Waals surface area contributed by atoms with Gasteiger partial charge in [0.1, 0.15) is 5.75 Å². The summed E-state index contributed by atoms with van der Waals surface area (Å²) in [6.07, 6.45) is 15.9. The van der Waals surface area contributed by atoms with Crippen LogP contribution in [-0.4, -0.2) is 16.8 Å². The summed E-state index contributed by atoms with van der Waals surface area (Å²) >= 11 is 0. The second-order valence-corrected chi connectivity index (χ2v) is 9.06. The van der Waals surface area contributed by atoms with Crippen molar-refractivity contribution >= 4 is 0 Å². The van der Waals surface area contributed by atoms with Gasteiger partial charge in [0.25, 0.3) is 0 Å². The van der Waals surface area contributed by atoms with Crippen molar-refractivity contribution in [2.45, 2.75) is 90.9 Å². The minimum atomic E-state index is 0.783. The van der Waals surface area contributed by atoms with Crippen LogP contribution in [0.1, 0.15) is 90.2 Å². The molecular formula is C27H40N2O. The van der Waals surface area contributed by atoms with Crippen molar-refractivity contribution in [2.24, 2.45) is 11.8 Å². The number of aromatic nitrogens is 2. The molecule has 2 aromatic rings. The Morgan fingerprint density at radius 1 is 0.767 bits per heavy atom. The number of hydrogen-bond donors (Lipinski definition) is 0. The molecule has 3 rings (SSSR count). The molecule has 1 heterocycles. The molecule has 0 aliphatic heterocycles. The summed E-state index contributed by atoms with van der Waals surface area (Å²) in [7, 11) is 0. The van der Waals surface area contributed by atoms with Gasteiger partial charge in [0.05, 0.1) is 18.0 Å². The monoisotopic (exact) mass is 408 g/mol. The van der Waals surface area contributed by atoms with Gasteiger partial charge in [0, 0.05) is 5.56 Å². The SMILES string of the molecule is CCCCCC1CCC(CCc2ccc(-c3ccc(OCCCC)cc3)nn2)CC1. The third-order valence-corrected chi connectivity index (χ3v) is 6.63. The Balaban J connectivity index is 1.41. The summed E-state index contributed by atoms with van der Waals surface area (Å²) in [5.74, 6) is 2.81. The zero-order chi connectivity index (χ0) is 21.0. The molecule has 0 bridgehead atoms. The lowest BCUT2D eigenvalue weighted by Crippen LogP contribution is -2.15. The van der Waals surface area contributed by atoms with Crippen LogP contribution in [0, 0.1) is 11.8 Å². The van der Waals surface area contributed by atoms with Crippen molar-refractivity contribution in [3.05, 3.63) is 42.1 Å². The van der Waals surface area contributed by atoms with Crippen LogP contribution in [0.5, 0.6) is 5.75 Å². The minimum Gasteiger partial charge on any atom is -0.494 e. The van der Waals surface area contributed by atoms with Gasteiger partial charge in [-0.3, -0.25) is 0 Å². The van der Waals surface area contributed by atoms with Crippen LogP contribution in [0.4, 0.5) is 0 Å². The molecule has 30 heavy (non-hydrogen) atoms. The molecule has 1 saturated carbocycles. The van der Waals surface area contributed by atoms with Gasteiger partial charge in [-0.25, -0.2) is 0 Å². The predicted molar refractivity (Wildman–Crippen MR) is 126 cm³/mol. The van der Waals surface area contributed by atoms with Crippen molar-refractivity contribution in [1.82, 2.24) is 10.2 Å². The Labute approximate surface area is 183 Å². The highest BCUT2D eigenvalue weighted by Crippen LogP contribution is 2.34. The zero-order valence-electron chi connectivity index (χ0n) is 19.1. The molecular weight excluding hydrogens is 368 g/mol. The molecule has 0 N–H and O–H groups in total. The van der Waals surface area contributed by atoms with E-state index in [2.05, 4.69) is 48.3 Å². The van der Waals surface area contributed by atoms with Crippen LogP contribution in [0.15, 0.2) is 36.4 Å². The highest BCUT2D eigenvalue weighted by atomic mass is 16.5. The van der Waals surface area contributed by atoms with Crippen LogP contribution in [0.3, 0.4) is 0 Å². The lowest BCUT2D eigenvalue weighted by Gasteiger charge is -2.28. The van der Waals surface area contributed by atoms with Crippen molar-refractivity contribution in [3.8, 4) is 17.0 Å². The molecule has 164 valence electrons. The van der Waals surface area contributed by atoms with Crippen LogP contribution in [-0.2, 0) is 6.42 Å². The molecule has 0 amide bonds. The molecule has 3 heteroatoms. The van der Waals surface area contributed by atoms with Gasteiger partial charge in [-0.15, -0.1) is 0 Å². The van der Waals surface area contributed by atoms with Crippen LogP contribution >= 0.6 is 0 Å². The van der Waals surface area contributed by atoms with E-state index < -0.39 is 0 Å². The van der Waals surface area contributed by atoms with Gasteiger partial charge in [-0.05, 0) is 67.5 Å². The minimum absolute atomic E-state index is 0.783. The van der Waals surface area contributed by atoms with Gasteiger partial charge < -0.3 is 4.74 Å². The molecule has 1 aromatic heterocycles. The average Bonchev–Trinajstić information content (AvgIpc) is 2.80. The van der Waals surface area contributed by atoms with Gasteiger partial charge in [0.2, 0.25) is 0 Å². The van der Waals surface area contributed by atoms with Crippen molar-refractivity contribution in [3.63, 3.8) is 0 Å². The van der Waals surface area contributed by atoms with E-state index >= 15 is 0 Å². The molecule has 1 aromatic carbocycles. The number of benzene rings is 1. The van der Waals surface area contributed by atoms with E-state index in [4.69, 9.17) is 4.74 Å². The molecule has 3 nitrogen and oxygen atoms in total. The fourth-order valence-electron chi connectivity index (χ4n) is 4.55. The summed E-state index contributed by atoms with van der Waals surface area (Å²) in [5.41, 5.74) is 3.16. The Morgan fingerprint density at radius 3 is 2.10 bits per heavy atom. The Kier molecular flexibility index (Phi) is 9.66. The number of ether oxygens (including phenoxy) is 1. The summed E-state index contributed by atoms with van der Waals surface area (Å²) in [6.45, 7) is 5.26. The van der Waals surface area contributed by atoms with Crippen LogP contribution < -0.4 is 4.74 Å². The number of hydrogen-bond acceptors (Lipinski definition) is 3. The summed E-state index contributed by atoms with van der Waals surface area (Å²) in [5, 5.41) is 8.99. The van der Waals surface area contributed by atoms with E-state index in [9.17, 15) is 0 Å². The highest BCUT2D eigenvalue weighted by Gasteiger charge is 2.20. The first-order valence-electron chi connectivity index (χ1n) is 12.3. The van der Waals surface area contributed by atoms with Crippen molar-refractivity contribution in [1.29, 1.82) is 0 Å².